The van der Waals surface area contributed by atoms with Crippen molar-refractivity contribution < 1.29 is 34.1 Å². The summed E-state index contributed by atoms with van der Waals surface area (Å²) in [5.41, 5.74) is 1.59. The molecule has 3 amide bonds. The van der Waals surface area contributed by atoms with Crippen molar-refractivity contribution in [3.8, 4) is 0 Å². The first-order chi connectivity index (χ1) is 25.8. The summed E-state index contributed by atoms with van der Waals surface area (Å²) in [6.45, 7) is 12.2. The lowest BCUT2D eigenvalue weighted by atomic mass is 9.89. The standard InChI is InChI=1S/C43H62N4O7/c1-7-8-20-36(42(52)47-37(24-28(2)3)38(49)25-33(18-14-23-48)41(51)44-26-29(4)5)46-40(50)30(6)45-39-34-19-13-12-17-32(34)21-22-35(39)43(53)54-27-31-15-10-9-11-16-31/h9-13,15-17,19,21-22,28-30,33,36-38,45,48-49H,7-8,14,18,20,23-27H2,1-6H3,(H,44,51)(H,46,50)(H,47,52)/t30?,33?,36-,37-,38-/m0/s1. The van der Waals surface area contributed by atoms with Gasteiger partial charge >= 0.3 is 5.97 Å². The van der Waals surface area contributed by atoms with Gasteiger partial charge in [-0.1, -0.05) is 108 Å². The van der Waals surface area contributed by atoms with E-state index < -0.39 is 47.9 Å². The number of rotatable bonds is 23. The minimum atomic E-state index is -1.03. The maximum Gasteiger partial charge on any atom is 0.340 e. The molecule has 296 valence electrons. The number of aliphatic hydroxyl groups excluding tert-OH is 2. The van der Waals surface area contributed by atoms with Crippen LogP contribution in [0.25, 0.3) is 10.8 Å². The Morgan fingerprint density at radius 3 is 2.13 bits per heavy atom. The molecular weight excluding hydrogens is 684 g/mol. The van der Waals surface area contributed by atoms with Gasteiger partial charge in [-0.2, -0.15) is 0 Å². The van der Waals surface area contributed by atoms with E-state index in [9.17, 15) is 29.4 Å². The summed E-state index contributed by atoms with van der Waals surface area (Å²) in [6.07, 6.45) is 2.24. The quantitative estimate of drug-likeness (QED) is 0.0633. The largest absolute Gasteiger partial charge is 0.457 e. The van der Waals surface area contributed by atoms with Crippen LogP contribution in [0.3, 0.4) is 0 Å². The Kier molecular flexibility index (Phi) is 18.4. The molecule has 3 aromatic rings. The second-order valence-corrected chi connectivity index (χ2v) is 15.1. The number of fused-ring (bicyclic) bond motifs is 1. The van der Waals surface area contributed by atoms with Crippen LogP contribution in [-0.2, 0) is 25.7 Å². The number of hydrogen-bond donors (Lipinski definition) is 6. The van der Waals surface area contributed by atoms with Gasteiger partial charge in [0.2, 0.25) is 17.7 Å². The molecule has 0 aliphatic rings. The van der Waals surface area contributed by atoms with Gasteiger partial charge in [-0.05, 0) is 67.9 Å². The third-order valence-electron chi connectivity index (χ3n) is 9.40. The fourth-order valence-electron chi connectivity index (χ4n) is 6.36. The Bertz CT molecular complexity index is 1630. The van der Waals surface area contributed by atoms with Crippen molar-refractivity contribution in [2.75, 3.05) is 18.5 Å². The first-order valence-corrected chi connectivity index (χ1v) is 19.5. The molecule has 0 fully saturated rings. The third-order valence-corrected chi connectivity index (χ3v) is 9.40. The predicted octanol–water partition coefficient (Wildman–Crippen LogP) is 6.12. The fraction of sp³-hybridized carbons (Fsp3) is 0.535. The summed E-state index contributed by atoms with van der Waals surface area (Å²) in [4.78, 5) is 54.2. The van der Waals surface area contributed by atoms with E-state index in [-0.39, 0.29) is 42.9 Å². The number of carbonyl (C=O) groups excluding carboxylic acids is 4. The Morgan fingerprint density at radius 1 is 0.759 bits per heavy atom. The van der Waals surface area contributed by atoms with Crippen molar-refractivity contribution in [3.05, 3.63) is 77.9 Å². The second kappa shape index (κ2) is 22.7. The summed E-state index contributed by atoms with van der Waals surface area (Å²) < 4.78 is 5.66. The minimum absolute atomic E-state index is 0.0670. The molecule has 0 spiro atoms. The monoisotopic (exact) mass is 746 g/mol. The van der Waals surface area contributed by atoms with Crippen LogP contribution in [0.5, 0.6) is 0 Å². The van der Waals surface area contributed by atoms with E-state index in [1.54, 1.807) is 13.0 Å². The average Bonchev–Trinajstić information content (AvgIpc) is 3.15. The van der Waals surface area contributed by atoms with Gasteiger partial charge in [0.15, 0.2) is 0 Å². The van der Waals surface area contributed by atoms with Gasteiger partial charge in [0.1, 0.15) is 18.7 Å². The van der Waals surface area contributed by atoms with Crippen LogP contribution in [0.1, 0.15) is 102 Å². The van der Waals surface area contributed by atoms with Crippen LogP contribution in [-0.4, -0.2) is 71.3 Å². The number of esters is 1. The second-order valence-electron chi connectivity index (χ2n) is 15.1. The van der Waals surface area contributed by atoms with Gasteiger partial charge in [0, 0.05) is 24.5 Å². The number of amides is 3. The Balaban J connectivity index is 1.78. The van der Waals surface area contributed by atoms with Crippen molar-refractivity contribution in [2.45, 2.75) is 117 Å². The molecule has 0 aliphatic heterocycles. The van der Waals surface area contributed by atoms with E-state index in [1.807, 2.05) is 95.3 Å². The van der Waals surface area contributed by atoms with Gasteiger partial charge in [-0.3, -0.25) is 14.4 Å². The zero-order chi connectivity index (χ0) is 39.6. The van der Waals surface area contributed by atoms with E-state index in [0.29, 0.717) is 44.3 Å². The number of nitrogens with one attached hydrogen (secondary N) is 4. The molecule has 3 aromatic carbocycles. The van der Waals surface area contributed by atoms with E-state index in [0.717, 1.165) is 22.8 Å². The van der Waals surface area contributed by atoms with Crippen LogP contribution in [0.15, 0.2) is 66.7 Å². The van der Waals surface area contributed by atoms with E-state index >= 15 is 0 Å². The van der Waals surface area contributed by atoms with Gasteiger partial charge in [0.25, 0.3) is 0 Å². The topological polar surface area (TPSA) is 166 Å². The number of hydrogen-bond acceptors (Lipinski definition) is 8. The Labute approximate surface area is 321 Å². The highest BCUT2D eigenvalue weighted by Gasteiger charge is 2.32. The summed E-state index contributed by atoms with van der Waals surface area (Å²) in [7, 11) is 0. The summed E-state index contributed by atoms with van der Waals surface area (Å²) in [6, 6.07) is 18.1. The maximum absolute atomic E-state index is 13.9. The van der Waals surface area contributed by atoms with Crippen molar-refractivity contribution in [1.82, 2.24) is 16.0 Å². The summed E-state index contributed by atoms with van der Waals surface area (Å²) in [5.74, 6) is -1.72. The fourth-order valence-corrected chi connectivity index (χ4v) is 6.36. The summed E-state index contributed by atoms with van der Waals surface area (Å²) >= 11 is 0. The predicted molar refractivity (Wildman–Crippen MR) is 214 cm³/mol. The number of unbranched alkanes of at least 4 members (excludes halogenated alkanes) is 1. The summed E-state index contributed by atoms with van der Waals surface area (Å²) in [5, 5.41) is 34.7. The zero-order valence-corrected chi connectivity index (χ0v) is 32.9. The van der Waals surface area contributed by atoms with E-state index in [2.05, 4.69) is 21.3 Å². The highest BCUT2D eigenvalue weighted by atomic mass is 16.5. The SMILES string of the molecule is CCCC[C@H](NC(=O)C(C)Nc1c(C(=O)OCc2ccccc2)ccc2ccccc12)C(=O)N[C@@H](CC(C)C)[C@@H](O)CC(CCCO)C(=O)NCC(C)C. The maximum atomic E-state index is 13.9. The molecule has 0 bridgehead atoms. The van der Waals surface area contributed by atoms with Crippen molar-refractivity contribution in [2.24, 2.45) is 17.8 Å². The number of benzene rings is 3. The molecule has 0 radical (unpaired) electrons. The molecule has 0 saturated carbocycles. The lowest BCUT2D eigenvalue weighted by Crippen LogP contribution is -2.55. The van der Waals surface area contributed by atoms with Gasteiger partial charge in [-0.15, -0.1) is 0 Å². The molecule has 0 aliphatic carbocycles. The van der Waals surface area contributed by atoms with E-state index in [4.69, 9.17) is 4.74 Å². The van der Waals surface area contributed by atoms with Crippen LogP contribution in [0, 0.1) is 17.8 Å². The lowest BCUT2D eigenvalue weighted by molar-refractivity contribution is -0.130. The first kappa shape index (κ1) is 43.9. The van der Waals surface area contributed by atoms with Crippen molar-refractivity contribution in [1.29, 1.82) is 0 Å². The lowest BCUT2D eigenvalue weighted by Gasteiger charge is -2.30. The molecule has 2 unspecified atom stereocenters. The Hall–Kier alpha value is -4.48. The third kappa shape index (κ3) is 14.1. The van der Waals surface area contributed by atoms with Crippen LogP contribution >= 0.6 is 0 Å². The highest BCUT2D eigenvalue weighted by molar-refractivity contribution is 6.07. The number of aliphatic hydroxyl groups is 2. The molecule has 3 rings (SSSR count). The first-order valence-electron chi connectivity index (χ1n) is 19.5. The molecule has 54 heavy (non-hydrogen) atoms. The molecule has 11 nitrogen and oxygen atoms in total. The Morgan fingerprint density at radius 2 is 1.46 bits per heavy atom. The van der Waals surface area contributed by atoms with Gasteiger partial charge < -0.3 is 36.2 Å². The molecule has 11 heteroatoms. The highest BCUT2D eigenvalue weighted by Crippen LogP contribution is 2.29. The van der Waals surface area contributed by atoms with Crippen molar-refractivity contribution in [3.63, 3.8) is 0 Å². The smallest absolute Gasteiger partial charge is 0.340 e. The van der Waals surface area contributed by atoms with Crippen LogP contribution < -0.4 is 21.3 Å². The van der Waals surface area contributed by atoms with Crippen LogP contribution in [0.2, 0.25) is 0 Å². The molecule has 0 heterocycles. The number of ether oxygens (including phenoxy) is 1. The van der Waals surface area contributed by atoms with Gasteiger partial charge in [0.05, 0.1) is 23.4 Å². The molecule has 0 aromatic heterocycles. The van der Waals surface area contributed by atoms with Crippen LogP contribution in [0.4, 0.5) is 5.69 Å². The number of anilines is 1. The van der Waals surface area contributed by atoms with E-state index in [1.165, 1.54) is 0 Å². The normalized spacial score (nSPS) is 14.2. The zero-order valence-electron chi connectivity index (χ0n) is 32.9. The molecule has 0 saturated heterocycles. The minimum Gasteiger partial charge on any atom is -0.457 e. The number of carbonyl (C=O) groups is 4. The molecule has 5 atom stereocenters. The average molecular weight is 747 g/mol. The van der Waals surface area contributed by atoms with Crippen molar-refractivity contribution >= 4 is 40.2 Å². The molecule has 6 N–H and O–H groups in total. The van der Waals surface area contributed by atoms with Gasteiger partial charge in [-0.25, -0.2) is 4.79 Å². The molecular formula is C43H62N4O7.